The smallest absolute Gasteiger partial charge is 0.174 e. The zero-order valence-corrected chi connectivity index (χ0v) is 15.8. The van der Waals surface area contributed by atoms with Crippen molar-refractivity contribution in [2.45, 2.75) is 26.8 Å². The van der Waals surface area contributed by atoms with Gasteiger partial charge in [-0.1, -0.05) is 12.1 Å². The molecule has 23 heavy (non-hydrogen) atoms. The SMILES string of the molecule is COCCN(C(=S)Nc1cc(C)cc(C)c1)[C@H](C)c1cccs1. The van der Waals surface area contributed by atoms with E-state index in [-0.39, 0.29) is 6.04 Å². The predicted molar refractivity (Wildman–Crippen MR) is 103 cm³/mol. The quantitative estimate of drug-likeness (QED) is 0.760. The van der Waals surface area contributed by atoms with Crippen LogP contribution in [0.1, 0.15) is 29.0 Å². The third-order valence-corrected chi connectivity index (χ3v) is 5.07. The monoisotopic (exact) mass is 348 g/mol. The van der Waals surface area contributed by atoms with Crippen LogP contribution in [-0.2, 0) is 4.74 Å². The molecule has 0 spiro atoms. The van der Waals surface area contributed by atoms with Gasteiger partial charge < -0.3 is 15.0 Å². The Labute approximate surface area is 148 Å². The van der Waals surface area contributed by atoms with Crippen LogP contribution in [0.15, 0.2) is 35.7 Å². The van der Waals surface area contributed by atoms with Gasteiger partial charge in [0.1, 0.15) is 0 Å². The lowest BCUT2D eigenvalue weighted by atomic mass is 10.1. The molecule has 0 saturated carbocycles. The fraction of sp³-hybridized carbons (Fsp3) is 0.389. The number of methoxy groups -OCH3 is 1. The summed E-state index contributed by atoms with van der Waals surface area (Å²) in [5, 5.41) is 6.21. The lowest BCUT2D eigenvalue weighted by molar-refractivity contribution is 0.166. The van der Waals surface area contributed by atoms with Gasteiger partial charge in [0.25, 0.3) is 0 Å². The zero-order chi connectivity index (χ0) is 16.8. The van der Waals surface area contributed by atoms with Crippen molar-refractivity contribution in [2.75, 3.05) is 25.6 Å². The molecule has 0 amide bonds. The summed E-state index contributed by atoms with van der Waals surface area (Å²) in [4.78, 5) is 3.48. The van der Waals surface area contributed by atoms with Gasteiger partial charge in [0.15, 0.2) is 5.11 Å². The highest BCUT2D eigenvalue weighted by atomic mass is 32.1. The van der Waals surface area contributed by atoms with E-state index in [0.717, 1.165) is 17.3 Å². The number of nitrogens with one attached hydrogen (secondary N) is 1. The van der Waals surface area contributed by atoms with Crippen molar-refractivity contribution in [1.82, 2.24) is 4.90 Å². The zero-order valence-electron chi connectivity index (χ0n) is 14.1. The number of hydrogen-bond acceptors (Lipinski definition) is 3. The van der Waals surface area contributed by atoms with Gasteiger partial charge in [0, 0.05) is 24.2 Å². The van der Waals surface area contributed by atoms with Crippen molar-refractivity contribution in [3.8, 4) is 0 Å². The number of nitrogens with zero attached hydrogens (tertiary/aromatic N) is 1. The van der Waals surface area contributed by atoms with E-state index in [1.165, 1.54) is 16.0 Å². The minimum atomic E-state index is 0.219. The number of aryl methyl sites for hydroxylation is 2. The maximum absolute atomic E-state index is 5.67. The molecule has 0 aliphatic heterocycles. The number of anilines is 1. The average Bonchev–Trinajstić information content (AvgIpc) is 3.00. The molecule has 0 unspecified atom stereocenters. The van der Waals surface area contributed by atoms with Gasteiger partial charge >= 0.3 is 0 Å². The third-order valence-electron chi connectivity index (χ3n) is 3.69. The van der Waals surface area contributed by atoms with Crippen molar-refractivity contribution in [3.05, 3.63) is 51.7 Å². The summed E-state index contributed by atoms with van der Waals surface area (Å²) in [6, 6.07) is 10.8. The Morgan fingerprint density at radius 1 is 1.30 bits per heavy atom. The maximum Gasteiger partial charge on any atom is 0.174 e. The van der Waals surface area contributed by atoms with Crippen LogP contribution >= 0.6 is 23.6 Å². The molecule has 1 aromatic carbocycles. The Morgan fingerprint density at radius 3 is 2.57 bits per heavy atom. The van der Waals surface area contributed by atoms with Crippen molar-refractivity contribution >= 4 is 34.4 Å². The van der Waals surface area contributed by atoms with Crippen LogP contribution in [0.25, 0.3) is 0 Å². The van der Waals surface area contributed by atoms with Crippen LogP contribution in [0, 0.1) is 13.8 Å². The van der Waals surface area contributed by atoms with E-state index in [4.69, 9.17) is 17.0 Å². The molecule has 0 aliphatic carbocycles. The van der Waals surface area contributed by atoms with Gasteiger partial charge in [-0.05, 0) is 67.7 Å². The molecule has 1 heterocycles. The molecule has 0 radical (unpaired) electrons. The molecule has 0 bridgehead atoms. The maximum atomic E-state index is 5.67. The number of thiocarbonyl (C=S) groups is 1. The molecule has 2 aromatic rings. The normalized spacial score (nSPS) is 12.0. The first-order chi connectivity index (χ1) is 11.0. The van der Waals surface area contributed by atoms with Crippen LogP contribution in [0.2, 0.25) is 0 Å². The number of benzene rings is 1. The lowest BCUT2D eigenvalue weighted by Gasteiger charge is -2.31. The standard InChI is InChI=1S/C18H24N2OS2/c1-13-10-14(2)12-16(11-13)19-18(22)20(7-8-21-4)15(3)17-6-5-9-23-17/h5-6,9-12,15H,7-8H2,1-4H3,(H,19,22)/t15-/m1/s1. The first-order valence-electron chi connectivity index (χ1n) is 7.69. The Hall–Kier alpha value is -1.43. The molecule has 0 aliphatic rings. The van der Waals surface area contributed by atoms with Crippen molar-refractivity contribution < 1.29 is 4.74 Å². The average molecular weight is 349 g/mol. The molecule has 124 valence electrons. The summed E-state index contributed by atoms with van der Waals surface area (Å²) in [7, 11) is 1.72. The van der Waals surface area contributed by atoms with E-state index in [1.54, 1.807) is 18.4 Å². The van der Waals surface area contributed by atoms with Gasteiger partial charge in [0.05, 0.1) is 12.6 Å². The van der Waals surface area contributed by atoms with E-state index in [0.29, 0.717) is 6.61 Å². The van der Waals surface area contributed by atoms with Gasteiger partial charge in [-0.25, -0.2) is 0 Å². The van der Waals surface area contributed by atoms with Crippen LogP contribution in [-0.4, -0.2) is 30.3 Å². The summed E-state index contributed by atoms with van der Waals surface area (Å²) in [6.07, 6.45) is 0. The second kappa shape index (κ2) is 8.43. The fourth-order valence-electron chi connectivity index (χ4n) is 2.59. The Morgan fingerprint density at radius 2 is 2.00 bits per heavy atom. The number of ether oxygens (including phenoxy) is 1. The molecule has 0 fully saturated rings. The topological polar surface area (TPSA) is 24.5 Å². The number of hydrogen-bond donors (Lipinski definition) is 1. The largest absolute Gasteiger partial charge is 0.383 e. The van der Waals surface area contributed by atoms with Crippen LogP contribution in [0.5, 0.6) is 0 Å². The van der Waals surface area contributed by atoms with E-state index in [2.05, 4.69) is 66.7 Å². The van der Waals surface area contributed by atoms with Gasteiger partial charge in [0.2, 0.25) is 0 Å². The fourth-order valence-corrected chi connectivity index (χ4v) is 3.75. The van der Waals surface area contributed by atoms with Crippen LogP contribution < -0.4 is 5.32 Å². The van der Waals surface area contributed by atoms with E-state index in [1.807, 2.05) is 0 Å². The van der Waals surface area contributed by atoms with Gasteiger partial charge in [-0.2, -0.15) is 0 Å². The highest BCUT2D eigenvalue weighted by molar-refractivity contribution is 7.80. The molecular formula is C18H24N2OS2. The van der Waals surface area contributed by atoms with Crippen molar-refractivity contribution in [2.24, 2.45) is 0 Å². The summed E-state index contributed by atoms with van der Waals surface area (Å²) in [6.45, 7) is 7.77. The highest BCUT2D eigenvalue weighted by Crippen LogP contribution is 2.25. The molecule has 0 saturated heterocycles. The second-order valence-corrected chi connectivity index (χ2v) is 7.05. The van der Waals surface area contributed by atoms with Gasteiger partial charge in [-0.3, -0.25) is 0 Å². The third kappa shape index (κ3) is 5.03. The minimum absolute atomic E-state index is 0.219. The second-order valence-electron chi connectivity index (χ2n) is 5.68. The lowest BCUT2D eigenvalue weighted by Crippen LogP contribution is -2.38. The summed E-state index contributed by atoms with van der Waals surface area (Å²) < 4.78 is 5.25. The Balaban J connectivity index is 2.15. The Bertz CT molecular complexity index is 620. The van der Waals surface area contributed by atoms with Crippen LogP contribution in [0.4, 0.5) is 5.69 Å². The van der Waals surface area contributed by atoms with Crippen molar-refractivity contribution in [1.29, 1.82) is 0 Å². The number of rotatable bonds is 6. The number of thiophene rings is 1. The van der Waals surface area contributed by atoms with E-state index in [9.17, 15) is 0 Å². The van der Waals surface area contributed by atoms with E-state index < -0.39 is 0 Å². The molecule has 3 nitrogen and oxygen atoms in total. The first-order valence-corrected chi connectivity index (χ1v) is 8.98. The highest BCUT2D eigenvalue weighted by Gasteiger charge is 2.19. The molecule has 1 N–H and O–H groups in total. The summed E-state index contributed by atoms with van der Waals surface area (Å²) in [5.41, 5.74) is 3.49. The van der Waals surface area contributed by atoms with E-state index >= 15 is 0 Å². The Kier molecular flexibility index (Phi) is 6.57. The summed E-state index contributed by atoms with van der Waals surface area (Å²) in [5.74, 6) is 0. The molecule has 2 rings (SSSR count). The minimum Gasteiger partial charge on any atom is -0.383 e. The van der Waals surface area contributed by atoms with Crippen LogP contribution in [0.3, 0.4) is 0 Å². The molecule has 5 heteroatoms. The molecule has 1 aromatic heterocycles. The summed E-state index contributed by atoms with van der Waals surface area (Å²) >= 11 is 7.42. The van der Waals surface area contributed by atoms with Crippen molar-refractivity contribution in [3.63, 3.8) is 0 Å². The molecular weight excluding hydrogens is 324 g/mol. The molecule has 1 atom stereocenters. The first kappa shape index (κ1) is 17.9. The predicted octanol–water partition coefficient (Wildman–Crippen LogP) is 4.77. The van der Waals surface area contributed by atoms with Gasteiger partial charge in [-0.15, -0.1) is 11.3 Å².